The van der Waals surface area contributed by atoms with Crippen molar-refractivity contribution in [2.24, 2.45) is 5.92 Å². The first-order valence-electron chi connectivity index (χ1n) is 4.54. The summed E-state index contributed by atoms with van der Waals surface area (Å²) in [5.41, 5.74) is 0. The van der Waals surface area contributed by atoms with Gasteiger partial charge < -0.3 is 15.3 Å². The van der Waals surface area contributed by atoms with Crippen molar-refractivity contribution in [2.75, 3.05) is 6.61 Å². The minimum absolute atomic E-state index is 0.116. The summed E-state index contributed by atoms with van der Waals surface area (Å²) in [6.45, 7) is 3.14. The standard InChI is InChI=1S/C7H14O2.C2H4O3/c1-3-5-6(4-2)7(8)9;3-1-2(4)5/h6H,3-5H2,1-2H3,(H,8,9);3H,1H2,(H,4,5). The maximum atomic E-state index is 10.3. The van der Waals surface area contributed by atoms with Gasteiger partial charge in [0.05, 0.1) is 5.92 Å². The number of hydrogen-bond donors (Lipinski definition) is 3. The Kier molecular flexibility index (Phi) is 11.0. The molecular formula is C9H18O5. The van der Waals surface area contributed by atoms with E-state index in [9.17, 15) is 4.79 Å². The molecule has 0 aromatic rings. The Bertz CT molecular complexity index is 167. The molecule has 0 spiro atoms. The van der Waals surface area contributed by atoms with E-state index in [0.29, 0.717) is 0 Å². The van der Waals surface area contributed by atoms with Gasteiger partial charge >= 0.3 is 11.9 Å². The molecule has 0 saturated carbocycles. The number of aliphatic hydroxyl groups excluding tert-OH is 1. The van der Waals surface area contributed by atoms with Crippen LogP contribution in [0.2, 0.25) is 0 Å². The second-order valence-corrected chi connectivity index (χ2v) is 2.78. The molecular weight excluding hydrogens is 188 g/mol. The Hall–Kier alpha value is -1.10. The van der Waals surface area contributed by atoms with Crippen LogP contribution in [0.4, 0.5) is 0 Å². The van der Waals surface area contributed by atoms with E-state index in [4.69, 9.17) is 20.1 Å². The lowest BCUT2D eigenvalue weighted by atomic mass is 10.0. The number of carboxylic acids is 2. The molecule has 0 aliphatic rings. The summed E-state index contributed by atoms with van der Waals surface area (Å²) in [5, 5.41) is 23.5. The van der Waals surface area contributed by atoms with Gasteiger partial charge in [-0.3, -0.25) is 4.79 Å². The third kappa shape index (κ3) is 10.9. The van der Waals surface area contributed by atoms with Gasteiger partial charge in [0.25, 0.3) is 0 Å². The van der Waals surface area contributed by atoms with Crippen molar-refractivity contribution in [1.29, 1.82) is 0 Å². The number of hydrogen-bond acceptors (Lipinski definition) is 3. The molecule has 84 valence electrons. The highest BCUT2D eigenvalue weighted by Crippen LogP contribution is 2.09. The summed E-state index contributed by atoms with van der Waals surface area (Å²) in [5.74, 6) is -1.96. The second kappa shape index (κ2) is 9.98. The lowest BCUT2D eigenvalue weighted by molar-refractivity contribution is -0.142. The van der Waals surface area contributed by atoms with E-state index >= 15 is 0 Å². The average molecular weight is 206 g/mol. The quantitative estimate of drug-likeness (QED) is 0.622. The second-order valence-electron chi connectivity index (χ2n) is 2.78. The van der Waals surface area contributed by atoms with E-state index in [1.165, 1.54) is 0 Å². The van der Waals surface area contributed by atoms with Crippen LogP contribution in [0, 0.1) is 5.92 Å². The predicted octanol–water partition coefficient (Wildman–Crippen LogP) is 0.961. The molecule has 0 radical (unpaired) electrons. The fourth-order valence-electron chi connectivity index (χ4n) is 0.851. The molecule has 0 amide bonds. The van der Waals surface area contributed by atoms with Gasteiger partial charge in [-0.1, -0.05) is 20.3 Å². The van der Waals surface area contributed by atoms with Crippen molar-refractivity contribution in [3.8, 4) is 0 Å². The van der Waals surface area contributed by atoms with Crippen molar-refractivity contribution in [3.05, 3.63) is 0 Å². The van der Waals surface area contributed by atoms with Crippen LogP contribution in [0.25, 0.3) is 0 Å². The van der Waals surface area contributed by atoms with Gasteiger partial charge in [0.2, 0.25) is 0 Å². The van der Waals surface area contributed by atoms with E-state index in [1.807, 2.05) is 13.8 Å². The normalized spacial score (nSPS) is 11.1. The van der Waals surface area contributed by atoms with Crippen molar-refractivity contribution in [1.82, 2.24) is 0 Å². The summed E-state index contributed by atoms with van der Waals surface area (Å²) < 4.78 is 0. The van der Waals surface area contributed by atoms with Crippen LogP contribution in [-0.4, -0.2) is 33.9 Å². The molecule has 14 heavy (non-hydrogen) atoms. The first-order chi connectivity index (χ1) is 6.49. The van der Waals surface area contributed by atoms with E-state index in [2.05, 4.69) is 0 Å². The largest absolute Gasteiger partial charge is 0.481 e. The SMILES string of the molecule is CCCC(CC)C(=O)O.O=C(O)CO. The smallest absolute Gasteiger partial charge is 0.329 e. The average Bonchev–Trinajstić information content (AvgIpc) is 2.14. The topological polar surface area (TPSA) is 94.8 Å². The fourth-order valence-corrected chi connectivity index (χ4v) is 0.851. The lowest BCUT2D eigenvalue weighted by Crippen LogP contribution is -2.11. The van der Waals surface area contributed by atoms with E-state index in [-0.39, 0.29) is 5.92 Å². The molecule has 3 N–H and O–H groups in total. The van der Waals surface area contributed by atoms with Crippen molar-refractivity contribution >= 4 is 11.9 Å². The van der Waals surface area contributed by atoms with E-state index in [1.54, 1.807) is 0 Å². The van der Waals surface area contributed by atoms with Crippen molar-refractivity contribution < 1.29 is 24.9 Å². The molecule has 1 unspecified atom stereocenters. The fraction of sp³-hybridized carbons (Fsp3) is 0.778. The predicted molar refractivity (Wildman–Crippen MR) is 51.0 cm³/mol. The number of aliphatic carboxylic acids is 2. The highest BCUT2D eigenvalue weighted by Gasteiger charge is 2.12. The monoisotopic (exact) mass is 206 g/mol. The molecule has 0 fully saturated rings. The van der Waals surface area contributed by atoms with Crippen LogP contribution in [0.3, 0.4) is 0 Å². The van der Waals surface area contributed by atoms with Gasteiger partial charge in [0.1, 0.15) is 6.61 Å². The van der Waals surface area contributed by atoms with Gasteiger partial charge in [-0.05, 0) is 12.8 Å². The van der Waals surface area contributed by atoms with Gasteiger partial charge in [-0.15, -0.1) is 0 Å². The van der Waals surface area contributed by atoms with Gasteiger partial charge in [0.15, 0.2) is 0 Å². The Morgan fingerprint density at radius 3 is 1.71 bits per heavy atom. The van der Waals surface area contributed by atoms with Crippen LogP contribution in [0.1, 0.15) is 33.1 Å². The van der Waals surface area contributed by atoms with Crippen LogP contribution in [-0.2, 0) is 9.59 Å². The maximum Gasteiger partial charge on any atom is 0.329 e. The van der Waals surface area contributed by atoms with E-state index < -0.39 is 18.5 Å². The Labute approximate surface area is 83.4 Å². The van der Waals surface area contributed by atoms with E-state index in [0.717, 1.165) is 19.3 Å². The highest BCUT2D eigenvalue weighted by atomic mass is 16.4. The molecule has 0 aromatic heterocycles. The van der Waals surface area contributed by atoms with Gasteiger partial charge in [0, 0.05) is 0 Å². The maximum absolute atomic E-state index is 10.3. The number of carbonyl (C=O) groups is 2. The van der Waals surface area contributed by atoms with Gasteiger partial charge in [-0.25, -0.2) is 4.79 Å². The third-order valence-electron chi connectivity index (χ3n) is 1.61. The van der Waals surface area contributed by atoms with Crippen molar-refractivity contribution in [3.63, 3.8) is 0 Å². The molecule has 0 aliphatic carbocycles. The minimum Gasteiger partial charge on any atom is -0.481 e. The Morgan fingerprint density at radius 2 is 1.64 bits per heavy atom. The summed E-state index contributed by atoms with van der Waals surface area (Å²) in [7, 11) is 0. The first-order valence-corrected chi connectivity index (χ1v) is 4.54. The zero-order chi connectivity index (χ0) is 11.6. The molecule has 0 aliphatic heterocycles. The summed E-state index contributed by atoms with van der Waals surface area (Å²) in [6, 6.07) is 0. The molecule has 0 heterocycles. The Balaban J connectivity index is 0. The Morgan fingerprint density at radius 1 is 1.21 bits per heavy atom. The number of rotatable bonds is 5. The zero-order valence-electron chi connectivity index (χ0n) is 8.56. The zero-order valence-corrected chi connectivity index (χ0v) is 8.56. The van der Waals surface area contributed by atoms with Crippen molar-refractivity contribution in [2.45, 2.75) is 33.1 Å². The summed E-state index contributed by atoms with van der Waals surface area (Å²) in [4.78, 5) is 19.4. The molecule has 0 bridgehead atoms. The van der Waals surface area contributed by atoms with Gasteiger partial charge in [-0.2, -0.15) is 0 Å². The van der Waals surface area contributed by atoms with Crippen LogP contribution in [0.5, 0.6) is 0 Å². The molecule has 0 saturated heterocycles. The number of carboxylic acid groups (broad SMARTS) is 2. The highest BCUT2D eigenvalue weighted by molar-refractivity contribution is 5.69. The first kappa shape index (κ1) is 15.4. The molecule has 0 rings (SSSR count). The summed E-state index contributed by atoms with van der Waals surface area (Å²) >= 11 is 0. The molecule has 5 heteroatoms. The van der Waals surface area contributed by atoms with Crippen LogP contribution >= 0.6 is 0 Å². The minimum atomic E-state index is -1.19. The third-order valence-corrected chi connectivity index (χ3v) is 1.61. The molecule has 5 nitrogen and oxygen atoms in total. The molecule has 0 aromatic carbocycles. The van der Waals surface area contributed by atoms with Crippen LogP contribution in [0.15, 0.2) is 0 Å². The number of aliphatic hydroxyl groups is 1. The lowest BCUT2D eigenvalue weighted by Gasteiger charge is -2.05. The summed E-state index contributed by atoms with van der Waals surface area (Å²) in [6.07, 6.45) is 2.53. The molecule has 1 atom stereocenters. The van der Waals surface area contributed by atoms with Crippen LogP contribution < -0.4 is 0 Å².